The fourth-order valence-electron chi connectivity index (χ4n) is 4.23. The fourth-order valence-corrected chi connectivity index (χ4v) is 4.23. The van der Waals surface area contributed by atoms with Gasteiger partial charge in [-0.3, -0.25) is 9.36 Å². The van der Waals surface area contributed by atoms with Gasteiger partial charge >= 0.3 is 5.76 Å². The smallest absolute Gasteiger partial charge is 0.408 e. The standard InChI is InChI=1S/C26H26N4O3/c1-28(21-7-3-2-4-8-21)25(31)18-30-23-17-20(10-11-24(23)33-26(30)32)19-6-5-9-22(16-19)29-14-12-27-13-15-29/h2-11,16-17,27H,12-15,18H2,1H3. The number of likely N-dealkylation sites (N-methyl/N-ethyl adjacent to an activating group) is 1. The van der Waals surface area contributed by atoms with Crippen LogP contribution < -0.4 is 20.9 Å². The van der Waals surface area contributed by atoms with Crippen molar-refractivity contribution in [3.8, 4) is 11.1 Å². The molecule has 0 unspecified atom stereocenters. The predicted octanol–water partition coefficient (Wildman–Crippen LogP) is 3.33. The summed E-state index contributed by atoms with van der Waals surface area (Å²) >= 11 is 0. The first-order valence-corrected chi connectivity index (χ1v) is 11.1. The maximum atomic E-state index is 12.9. The van der Waals surface area contributed by atoms with E-state index in [0.29, 0.717) is 11.1 Å². The number of para-hydroxylation sites is 1. The molecule has 1 aliphatic rings. The Morgan fingerprint density at radius 3 is 2.52 bits per heavy atom. The summed E-state index contributed by atoms with van der Waals surface area (Å²) < 4.78 is 6.82. The molecular weight excluding hydrogens is 416 g/mol. The first kappa shape index (κ1) is 21.0. The third-order valence-corrected chi connectivity index (χ3v) is 6.14. The van der Waals surface area contributed by atoms with Gasteiger partial charge in [0.25, 0.3) is 0 Å². The molecule has 0 bridgehead atoms. The van der Waals surface area contributed by atoms with Crippen molar-refractivity contribution in [3.63, 3.8) is 0 Å². The second kappa shape index (κ2) is 8.96. The van der Waals surface area contributed by atoms with E-state index in [-0.39, 0.29) is 12.5 Å². The van der Waals surface area contributed by atoms with Crippen molar-refractivity contribution in [3.05, 3.63) is 83.3 Å². The van der Waals surface area contributed by atoms with Crippen LogP contribution in [0, 0.1) is 0 Å². The molecule has 0 radical (unpaired) electrons. The molecular formula is C26H26N4O3. The van der Waals surface area contributed by atoms with Gasteiger partial charge in [0.2, 0.25) is 5.91 Å². The number of benzene rings is 3. The second-order valence-electron chi connectivity index (χ2n) is 8.21. The summed E-state index contributed by atoms with van der Waals surface area (Å²) in [6, 6.07) is 23.4. The van der Waals surface area contributed by atoms with E-state index in [1.165, 1.54) is 10.3 Å². The Kier molecular flexibility index (Phi) is 5.71. The fraction of sp³-hybridized carbons (Fsp3) is 0.231. The van der Waals surface area contributed by atoms with Gasteiger partial charge in [-0.05, 0) is 47.5 Å². The molecule has 7 heteroatoms. The number of amides is 1. The number of anilines is 2. The van der Waals surface area contributed by atoms with E-state index in [1.54, 1.807) is 18.0 Å². The Bertz CT molecular complexity index is 1340. The van der Waals surface area contributed by atoms with Gasteiger partial charge in [-0.15, -0.1) is 0 Å². The molecule has 3 aromatic carbocycles. The van der Waals surface area contributed by atoms with Crippen molar-refractivity contribution in [1.82, 2.24) is 9.88 Å². The summed E-state index contributed by atoms with van der Waals surface area (Å²) in [6.45, 7) is 3.80. The summed E-state index contributed by atoms with van der Waals surface area (Å²) in [6.07, 6.45) is 0. The molecule has 33 heavy (non-hydrogen) atoms. The Labute approximate surface area is 191 Å². The molecule has 5 rings (SSSR count). The van der Waals surface area contributed by atoms with Crippen LogP contribution in [0.5, 0.6) is 0 Å². The minimum atomic E-state index is -0.536. The number of piperazine rings is 1. The first-order chi connectivity index (χ1) is 16.1. The summed E-state index contributed by atoms with van der Waals surface area (Å²) in [5.74, 6) is -0.733. The van der Waals surface area contributed by atoms with E-state index in [0.717, 1.165) is 43.0 Å². The summed E-state index contributed by atoms with van der Waals surface area (Å²) in [5, 5.41) is 3.38. The number of aromatic nitrogens is 1. The lowest BCUT2D eigenvalue weighted by atomic mass is 10.0. The largest absolute Gasteiger partial charge is 0.420 e. The maximum absolute atomic E-state index is 12.9. The van der Waals surface area contributed by atoms with Crippen LogP contribution >= 0.6 is 0 Å². The van der Waals surface area contributed by atoms with E-state index in [4.69, 9.17) is 4.42 Å². The lowest BCUT2D eigenvalue weighted by Gasteiger charge is -2.29. The van der Waals surface area contributed by atoms with Gasteiger partial charge in [0.15, 0.2) is 5.58 Å². The number of hydrogen-bond acceptors (Lipinski definition) is 5. The first-order valence-electron chi connectivity index (χ1n) is 11.1. The molecule has 1 saturated heterocycles. The van der Waals surface area contributed by atoms with E-state index in [1.807, 2.05) is 42.5 Å². The van der Waals surface area contributed by atoms with Crippen LogP contribution in [-0.2, 0) is 11.3 Å². The SMILES string of the molecule is CN(C(=O)Cn1c(=O)oc2ccc(-c3cccc(N4CCNCC4)c3)cc21)c1ccccc1. The molecule has 1 aromatic heterocycles. The Balaban J connectivity index is 1.46. The topological polar surface area (TPSA) is 70.7 Å². The van der Waals surface area contributed by atoms with Crippen LogP contribution in [0.1, 0.15) is 0 Å². The average molecular weight is 443 g/mol. The zero-order valence-electron chi connectivity index (χ0n) is 18.5. The van der Waals surface area contributed by atoms with Crippen LogP contribution in [0.4, 0.5) is 11.4 Å². The van der Waals surface area contributed by atoms with Crippen molar-refractivity contribution in [2.45, 2.75) is 6.54 Å². The maximum Gasteiger partial charge on any atom is 0.420 e. The van der Waals surface area contributed by atoms with Crippen molar-refractivity contribution >= 4 is 28.4 Å². The van der Waals surface area contributed by atoms with Gasteiger partial charge in [-0.1, -0.05) is 36.4 Å². The number of hydrogen-bond donors (Lipinski definition) is 1. The third-order valence-electron chi connectivity index (χ3n) is 6.14. The molecule has 0 atom stereocenters. The molecule has 2 heterocycles. The molecule has 0 spiro atoms. The number of carbonyl (C=O) groups is 1. The normalized spacial score (nSPS) is 13.9. The van der Waals surface area contributed by atoms with Crippen molar-refractivity contribution in [2.24, 2.45) is 0 Å². The van der Waals surface area contributed by atoms with Crippen LogP contribution in [-0.4, -0.2) is 43.7 Å². The minimum Gasteiger partial charge on any atom is -0.408 e. The van der Waals surface area contributed by atoms with Crippen molar-refractivity contribution in [2.75, 3.05) is 43.0 Å². The van der Waals surface area contributed by atoms with Gasteiger partial charge in [0.05, 0.1) is 5.52 Å². The monoisotopic (exact) mass is 442 g/mol. The summed E-state index contributed by atoms with van der Waals surface area (Å²) in [4.78, 5) is 29.4. The van der Waals surface area contributed by atoms with Crippen LogP contribution in [0.25, 0.3) is 22.2 Å². The number of oxazole rings is 1. The quantitative estimate of drug-likeness (QED) is 0.513. The van der Waals surface area contributed by atoms with Gasteiger partial charge in [-0.2, -0.15) is 0 Å². The van der Waals surface area contributed by atoms with Crippen molar-refractivity contribution in [1.29, 1.82) is 0 Å². The lowest BCUT2D eigenvalue weighted by Crippen LogP contribution is -2.43. The zero-order valence-corrected chi connectivity index (χ0v) is 18.5. The number of carbonyl (C=O) groups excluding carboxylic acids is 1. The highest BCUT2D eigenvalue weighted by Crippen LogP contribution is 2.28. The molecule has 1 aliphatic heterocycles. The number of rotatable bonds is 5. The van der Waals surface area contributed by atoms with Crippen LogP contribution in [0.15, 0.2) is 82.0 Å². The van der Waals surface area contributed by atoms with E-state index < -0.39 is 5.76 Å². The lowest BCUT2D eigenvalue weighted by molar-refractivity contribution is -0.118. The highest BCUT2D eigenvalue weighted by atomic mass is 16.4. The number of nitrogens with one attached hydrogen (secondary N) is 1. The minimum absolute atomic E-state index is 0.0957. The number of nitrogens with zero attached hydrogens (tertiary/aromatic N) is 3. The third kappa shape index (κ3) is 4.27. The van der Waals surface area contributed by atoms with Gasteiger partial charge < -0.3 is 19.5 Å². The number of fused-ring (bicyclic) bond motifs is 1. The van der Waals surface area contributed by atoms with Crippen LogP contribution in [0.3, 0.4) is 0 Å². The van der Waals surface area contributed by atoms with Crippen LogP contribution in [0.2, 0.25) is 0 Å². The Hall–Kier alpha value is -3.84. The molecule has 0 saturated carbocycles. The van der Waals surface area contributed by atoms with Crippen molar-refractivity contribution < 1.29 is 9.21 Å². The Morgan fingerprint density at radius 2 is 1.73 bits per heavy atom. The van der Waals surface area contributed by atoms with E-state index >= 15 is 0 Å². The molecule has 168 valence electrons. The molecule has 1 N–H and O–H groups in total. The predicted molar refractivity (Wildman–Crippen MR) is 131 cm³/mol. The Morgan fingerprint density at radius 1 is 0.970 bits per heavy atom. The molecule has 4 aromatic rings. The average Bonchev–Trinajstić information content (AvgIpc) is 3.18. The molecule has 0 aliphatic carbocycles. The van der Waals surface area contributed by atoms with Gasteiger partial charge in [-0.25, -0.2) is 4.79 Å². The van der Waals surface area contributed by atoms with E-state index in [9.17, 15) is 9.59 Å². The molecule has 1 amide bonds. The summed E-state index contributed by atoms with van der Waals surface area (Å²) in [7, 11) is 1.71. The highest BCUT2D eigenvalue weighted by molar-refractivity contribution is 5.93. The van der Waals surface area contributed by atoms with E-state index in [2.05, 4.69) is 34.5 Å². The zero-order chi connectivity index (χ0) is 22.8. The van der Waals surface area contributed by atoms with Gasteiger partial charge in [0, 0.05) is 44.6 Å². The second-order valence-corrected chi connectivity index (χ2v) is 8.21. The molecule has 1 fully saturated rings. The highest BCUT2D eigenvalue weighted by Gasteiger charge is 2.18. The molecule has 7 nitrogen and oxygen atoms in total. The summed E-state index contributed by atoms with van der Waals surface area (Å²) in [5.41, 5.74) is 5.06. The van der Waals surface area contributed by atoms with Gasteiger partial charge in [0.1, 0.15) is 6.54 Å².